The van der Waals surface area contributed by atoms with Crippen LogP contribution in [0.15, 0.2) is 29.2 Å². The van der Waals surface area contributed by atoms with Crippen molar-refractivity contribution in [2.24, 2.45) is 0 Å². The second-order valence-corrected chi connectivity index (χ2v) is 8.06. The second-order valence-electron chi connectivity index (χ2n) is 6.34. The molecule has 0 radical (unpaired) electrons. The van der Waals surface area contributed by atoms with Crippen LogP contribution >= 0.6 is 0 Å². The Balaban J connectivity index is 2.30. The van der Waals surface area contributed by atoms with Gasteiger partial charge in [-0.3, -0.25) is 4.79 Å². The van der Waals surface area contributed by atoms with Gasteiger partial charge >= 0.3 is 0 Å². The Labute approximate surface area is 132 Å². The largest absolute Gasteiger partial charge is 0.333 e. The van der Waals surface area contributed by atoms with Crippen LogP contribution in [0.4, 0.5) is 0 Å². The predicted molar refractivity (Wildman–Crippen MR) is 86.2 cm³/mol. The van der Waals surface area contributed by atoms with Crippen LogP contribution in [0.2, 0.25) is 0 Å². The molecule has 122 valence electrons. The molecule has 1 aromatic carbocycles. The van der Waals surface area contributed by atoms with E-state index in [0.29, 0.717) is 11.6 Å². The van der Waals surface area contributed by atoms with Crippen LogP contribution in [0.3, 0.4) is 0 Å². The third-order valence-electron chi connectivity index (χ3n) is 3.51. The number of carbonyl (C=O) groups excluding carboxylic acids is 1. The molecule has 2 rings (SSSR count). The highest BCUT2D eigenvalue weighted by molar-refractivity contribution is 7.89. The molecule has 1 aliphatic carbocycles. The Morgan fingerprint density at radius 1 is 1.23 bits per heavy atom. The maximum atomic E-state index is 12.7. The molecule has 6 heteroatoms. The van der Waals surface area contributed by atoms with Crippen molar-refractivity contribution in [3.05, 3.63) is 29.8 Å². The van der Waals surface area contributed by atoms with E-state index in [2.05, 4.69) is 4.72 Å². The maximum absolute atomic E-state index is 12.7. The third kappa shape index (κ3) is 3.87. The Bertz CT molecular complexity index is 647. The van der Waals surface area contributed by atoms with E-state index in [1.807, 2.05) is 18.7 Å². The van der Waals surface area contributed by atoms with Gasteiger partial charge in [-0.25, -0.2) is 13.1 Å². The van der Waals surface area contributed by atoms with Gasteiger partial charge in [-0.15, -0.1) is 0 Å². The van der Waals surface area contributed by atoms with Gasteiger partial charge in [0.1, 0.15) is 0 Å². The minimum absolute atomic E-state index is 0.0981. The first-order valence-corrected chi connectivity index (χ1v) is 9.15. The van der Waals surface area contributed by atoms with E-state index in [0.717, 1.165) is 12.8 Å². The zero-order valence-corrected chi connectivity index (χ0v) is 14.4. The maximum Gasteiger partial charge on any atom is 0.254 e. The van der Waals surface area contributed by atoms with Gasteiger partial charge < -0.3 is 4.90 Å². The Morgan fingerprint density at radius 3 is 2.36 bits per heavy atom. The van der Waals surface area contributed by atoms with Crippen LogP contribution in [0.5, 0.6) is 0 Å². The van der Waals surface area contributed by atoms with E-state index < -0.39 is 10.0 Å². The molecule has 1 N–H and O–H groups in total. The lowest BCUT2D eigenvalue weighted by atomic mass is 10.1. The fourth-order valence-electron chi connectivity index (χ4n) is 2.50. The van der Waals surface area contributed by atoms with Crippen LogP contribution in [0, 0.1) is 0 Å². The second kappa shape index (κ2) is 6.38. The normalized spacial score (nSPS) is 15.4. The van der Waals surface area contributed by atoms with Crippen molar-refractivity contribution in [1.82, 2.24) is 9.62 Å². The summed E-state index contributed by atoms with van der Waals surface area (Å²) >= 11 is 0. The van der Waals surface area contributed by atoms with Gasteiger partial charge in [0.2, 0.25) is 10.0 Å². The van der Waals surface area contributed by atoms with E-state index in [9.17, 15) is 13.2 Å². The smallest absolute Gasteiger partial charge is 0.254 e. The Kier molecular flexibility index (Phi) is 4.92. The lowest BCUT2D eigenvalue weighted by molar-refractivity contribution is 0.0690. The molecule has 1 amide bonds. The van der Waals surface area contributed by atoms with Gasteiger partial charge in [0.15, 0.2) is 0 Å². The van der Waals surface area contributed by atoms with Gasteiger partial charge in [0.05, 0.1) is 4.90 Å². The standard InChI is InChI=1S/C16H24N2O3S/c1-11(2)17-22(20,21)15-7-5-6-13(10-15)16(19)18(12(3)4)14-8-9-14/h5-7,10-12,14,17H,8-9H2,1-4H3. The van der Waals surface area contributed by atoms with E-state index in [1.165, 1.54) is 12.1 Å². The monoisotopic (exact) mass is 324 g/mol. The topological polar surface area (TPSA) is 66.5 Å². The van der Waals surface area contributed by atoms with Crippen LogP contribution in [0.25, 0.3) is 0 Å². The summed E-state index contributed by atoms with van der Waals surface area (Å²) in [5.41, 5.74) is 0.423. The minimum atomic E-state index is -3.59. The molecular weight excluding hydrogens is 300 g/mol. The first kappa shape index (κ1) is 17.0. The van der Waals surface area contributed by atoms with Crippen molar-refractivity contribution in [2.45, 2.75) is 63.6 Å². The molecule has 1 aromatic rings. The minimum Gasteiger partial charge on any atom is -0.333 e. The zero-order chi connectivity index (χ0) is 16.5. The highest BCUT2D eigenvalue weighted by atomic mass is 32.2. The summed E-state index contributed by atoms with van der Waals surface area (Å²) in [7, 11) is -3.59. The molecule has 0 spiro atoms. The number of rotatable bonds is 6. The predicted octanol–water partition coefficient (Wildman–Crippen LogP) is 2.39. The molecule has 0 unspecified atom stereocenters. The van der Waals surface area contributed by atoms with E-state index in [-0.39, 0.29) is 22.9 Å². The molecular formula is C16H24N2O3S. The van der Waals surface area contributed by atoms with Gasteiger partial charge in [-0.1, -0.05) is 6.07 Å². The third-order valence-corrected chi connectivity index (χ3v) is 5.17. The highest BCUT2D eigenvalue weighted by Crippen LogP contribution is 2.30. The van der Waals surface area contributed by atoms with Gasteiger partial charge in [-0.2, -0.15) is 0 Å². The number of nitrogens with one attached hydrogen (secondary N) is 1. The molecule has 1 fully saturated rings. The SMILES string of the molecule is CC(C)NS(=O)(=O)c1cccc(C(=O)N(C(C)C)C2CC2)c1. The number of nitrogens with zero attached hydrogens (tertiary/aromatic N) is 1. The number of hydrogen-bond donors (Lipinski definition) is 1. The first-order chi connectivity index (χ1) is 10.2. The summed E-state index contributed by atoms with van der Waals surface area (Å²) in [4.78, 5) is 14.7. The van der Waals surface area contributed by atoms with Gasteiger partial charge in [0, 0.05) is 23.7 Å². The fraction of sp³-hybridized carbons (Fsp3) is 0.562. The summed E-state index contributed by atoms with van der Waals surface area (Å²) in [6, 6.07) is 6.48. The zero-order valence-electron chi connectivity index (χ0n) is 13.5. The molecule has 22 heavy (non-hydrogen) atoms. The molecule has 0 aromatic heterocycles. The molecule has 1 aliphatic rings. The quantitative estimate of drug-likeness (QED) is 0.873. The average Bonchev–Trinajstić information content (AvgIpc) is 3.21. The van der Waals surface area contributed by atoms with Crippen molar-refractivity contribution in [3.8, 4) is 0 Å². The fourth-order valence-corrected chi connectivity index (χ4v) is 3.79. The Hall–Kier alpha value is -1.40. The van der Waals surface area contributed by atoms with Crippen LogP contribution < -0.4 is 4.72 Å². The molecule has 1 saturated carbocycles. The van der Waals surface area contributed by atoms with Crippen molar-refractivity contribution in [3.63, 3.8) is 0 Å². The summed E-state index contributed by atoms with van der Waals surface area (Å²) in [6.07, 6.45) is 2.05. The molecule has 0 saturated heterocycles. The van der Waals surface area contributed by atoms with Crippen LogP contribution in [-0.2, 0) is 10.0 Å². The molecule has 5 nitrogen and oxygen atoms in total. The van der Waals surface area contributed by atoms with Crippen LogP contribution in [-0.4, -0.2) is 37.4 Å². The Morgan fingerprint density at radius 2 is 1.86 bits per heavy atom. The average molecular weight is 324 g/mol. The first-order valence-electron chi connectivity index (χ1n) is 7.67. The lowest BCUT2D eigenvalue weighted by Gasteiger charge is -2.27. The molecule has 0 bridgehead atoms. The summed E-state index contributed by atoms with van der Waals surface area (Å²) in [5.74, 6) is -0.0981. The summed E-state index contributed by atoms with van der Waals surface area (Å²) in [6.45, 7) is 7.49. The van der Waals surface area contributed by atoms with Crippen LogP contribution in [0.1, 0.15) is 50.9 Å². The van der Waals surface area contributed by atoms with Crippen molar-refractivity contribution < 1.29 is 13.2 Å². The molecule has 0 aliphatic heterocycles. The van der Waals surface area contributed by atoms with Crippen molar-refractivity contribution >= 4 is 15.9 Å². The lowest BCUT2D eigenvalue weighted by Crippen LogP contribution is -2.39. The number of sulfonamides is 1. The van der Waals surface area contributed by atoms with Crippen molar-refractivity contribution in [1.29, 1.82) is 0 Å². The number of amides is 1. The van der Waals surface area contributed by atoms with Crippen molar-refractivity contribution in [2.75, 3.05) is 0 Å². The summed E-state index contributed by atoms with van der Waals surface area (Å²) in [5, 5.41) is 0. The summed E-state index contributed by atoms with van der Waals surface area (Å²) < 4.78 is 27.0. The van der Waals surface area contributed by atoms with E-state index in [1.54, 1.807) is 26.0 Å². The molecule has 0 heterocycles. The molecule has 0 atom stereocenters. The van der Waals surface area contributed by atoms with Gasteiger partial charge in [0.25, 0.3) is 5.91 Å². The van der Waals surface area contributed by atoms with E-state index in [4.69, 9.17) is 0 Å². The number of hydrogen-bond acceptors (Lipinski definition) is 3. The van der Waals surface area contributed by atoms with Gasteiger partial charge in [-0.05, 0) is 58.7 Å². The highest BCUT2D eigenvalue weighted by Gasteiger charge is 2.34. The van der Waals surface area contributed by atoms with E-state index >= 15 is 0 Å². The number of benzene rings is 1. The number of carbonyl (C=O) groups is 1.